The summed E-state index contributed by atoms with van der Waals surface area (Å²) in [6.07, 6.45) is -3.96. The molecule has 0 saturated carbocycles. The summed E-state index contributed by atoms with van der Waals surface area (Å²) < 4.78 is 43.7. The number of benzene rings is 1. The number of ether oxygens (including phenoxy) is 1. The number of pyridine rings is 1. The molecule has 0 bridgehead atoms. The molecule has 0 aliphatic carbocycles. The highest BCUT2D eigenvalue weighted by Gasteiger charge is 2.33. The molecule has 12 heteroatoms. The Balaban J connectivity index is 1.22. The van der Waals surface area contributed by atoms with E-state index >= 15 is 0 Å². The molecular weight excluding hydrogens is 451 g/mol. The zero-order chi connectivity index (χ0) is 23.9. The average molecular weight is 475 g/mol. The second kappa shape index (κ2) is 8.76. The number of nitrogens with zero attached hydrogens (tertiary/aromatic N) is 4. The van der Waals surface area contributed by atoms with Crippen molar-refractivity contribution in [3.05, 3.63) is 53.2 Å². The Morgan fingerprint density at radius 2 is 2.06 bits per heavy atom. The van der Waals surface area contributed by atoms with E-state index in [0.29, 0.717) is 31.2 Å². The number of hydrogen-bond donors (Lipinski definition) is 3. The number of hydrazone groups is 1. The van der Waals surface area contributed by atoms with Crippen LogP contribution in [0.15, 0.2) is 41.6 Å². The third-order valence-corrected chi connectivity index (χ3v) is 6.25. The molecule has 1 fully saturated rings. The molecule has 3 aliphatic rings. The van der Waals surface area contributed by atoms with Gasteiger partial charge < -0.3 is 15.0 Å². The average Bonchev–Trinajstić information content (AvgIpc) is 3.26. The summed E-state index contributed by atoms with van der Waals surface area (Å²) in [6.45, 7) is 5.27. The van der Waals surface area contributed by atoms with E-state index in [9.17, 15) is 18.0 Å². The van der Waals surface area contributed by atoms with Crippen molar-refractivity contribution < 1.29 is 22.7 Å². The molecule has 5 rings (SSSR count). The number of carbonyl (C=O) groups excluding carboxylic acids is 1. The first-order valence-corrected chi connectivity index (χ1v) is 11.0. The fourth-order valence-electron chi connectivity index (χ4n) is 4.52. The van der Waals surface area contributed by atoms with Gasteiger partial charge in [0.1, 0.15) is 11.6 Å². The molecule has 3 aliphatic heterocycles. The first-order chi connectivity index (χ1) is 16.3. The van der Waals surface area contributed by atoms with Gasteiger partial charge in [-0.1, -0.05) is 0 Å². The number of carbonyl (C=O) groups is 1. The number of rotatable bonds is 4. The normalized spacial score (nSPS) is 23.0. The number of hydrazine groups is 1. The third kappa shape index (κ3) is 4.50. The number of nitrogens with one attached hydrogen (secondary N) is 3. The van der Waals surface area contributed by atoms with Crippen LogP contribution in [0.3, 0.4) is 0 Å². The summed E-state index contributed by atoms with van der Waals surface area (Å²) in [4.78, 5) is 19.8. The second-order valence-electron chi connectivity index (χ2n) is 8.58. The molecule has 34 heavy (non-hydrogen) atoms. The summed E-state index contributed by atoms with van der Waals surface area (Å²) in [5.41, 5.74) is 7.98. The molecule has 0 spiro atoms. The largest absolute Gasteiger partial charge is 0.417 e. The zero-order valence-electron chi connectivity index (χ0n) is 18.4. The van der Waals surface area contributed by atoms with Crippen LogP contribution in [-0.4, -0.2) is 60.0 Å². The van der Waals surface area contributed by atoms with Gasteiger partial charge in [0.2, 0.25) is 0 Å². The van der Waals surface area contributed by atoms with E-state index in [1.54, 1.807) is 6.07 Å². The topological polar surface area (TPSA) is 94.1 Å². The van der Waals surface area contributed by atoms with Crippen LogP contribution in [-0.2, 0) is 12.7 Å². The van der Waals surface area contributed by atoms with Crippen LogP contribution in [0.2, 0.25) is 0 Å². The summed E-state index contributed by atoms with van der Waals surface area (Å²) in [5.74, 6) is 1.09. The molecule has 9 nitrogen and oxygen atoms in total. The quantitative estimate of drug-likeness (QED) is 0.624. The van der Waals surface area contributed by atoms with Gasteiger partial charge in [0.05, 0.1) is 17.3 Å². The van der Waals surface area contributed by atoms with Crippen molar-refractivity contribution in [1.29, 1.82) is 0 Å². The molecule has 1 saturated heterocycles. The monoisotopic (exact) mass is 475 g/mol. The zero-order valence-corrected chi connectivity index (χ0v) is 18.4. The molecule has 3 N–H and O–H groups in total. The number of anilines is 1. The summed E-state index contributed by atoms with van der Waals surface area (Å²) in [5, 5.41) is 7.07. The molecule has 180 valence electrons. The van der Waals surface area contributed by atoms with Crippen LogP contribution >= 0.6 is 0 Å². The van der Waals surface area contributed by atoms with Gasteiger partial charge in [-0.2, -0.15) is 18.3 Å². The van der Waals surface area contributed by atoms with Gasteiger partial charge in [0.25, 0.3) is 0 Å². The Labute approximate surface area is 193 Å². The predicted molar refractivity (Wildman–Crippen MR) is 118 cm³/mol. The number of amides is 1. The van der Waals surface area contributed by atoms with Crippen molar-refractivity contribution in [2.24, 2.45) is 5.10 Å². The molecule has 1 aromatic carbocycles. The second-order valence-corrected chi connectivity index (χ2v) is 8.58. The first kappa shape index (κ1) is 22.4. The molecule has 2 atom stereocenters. The minimum absolute atomic E-state index is 0.0555. The van der Waals surface area contributed by atoms with Gasteiger partial charge in [0.15, 0.2) is 0 Å². The molecule has 2 aromatic rings. The standard InChI is InChI=1S/C22H24F3N7O2/c1-13-11-31(6-7-32(13)19-5-3-16(10-26-19)22(23,24)25)12-17-20(29-30-28-17)14-2-4-18-15(8-14)9-27-21(33)34-18/h2-5,8,10,13,17,28,30H,6-7,9,11-12H2,1H3,(H,27,33)/t13-,17?/m1/s1. The maximum Gasteiger partial charge on any atom is 0.417 e. The highest BCUT2D eigenvalue weighted by molar-refractivity contribution is 6.05. The number of alkyl halides is 3. The fraction of sp³-hybridized carbons (Fsp3) is 0.409. The van der Waals surface area contributed by atoms with Crippen molar-refractivity contribution in [3.63, 3.8) is 0 Å². The molecule has 1 aromatic heterocycles. The molecule has 4 heterocycles. The number of piperazine rings is 1. The van der Waals surface area contributed by atoms with Crippen LogP contribution in [0.5, 0.6) is 5.75 Å². The van der Waals surface area contributed by atoms with E-state index in [2.05, 4.69) is 31.3 Å². The van der Waals surface area contributed by atoms with Gasteiger partial charge >= 0.3 is 12.3 Å². The number of hydrogen-bond acceptors (Lipinski definition) is 8. The summed E-state index contributed by atoms with van der Waals surface area (Å²) >= 11 is 0. The maximum atomic E-state index is 12.8. The molecule has 1 amide bonds. The van der Waals surface area contributed by atoms with Crippen LogP contribution in [0.25, 0.3) is 0 Å². The van der Waals surface area contributed by atoms with E-state index in [4.69, 9.17) is 4.74 Å². The lowest BCUT2D eigenvalue weighted by Gasteiger charge is -2.41. The lowest BCUT2D eigenvalue weighted by atomic mass is 9.99. The lowest BCUT2D eigenvalue weighted by Crippen LogP contribution is -2.56. The minimum atomic E-state index is -4.39. The van der Waals surface area contributed by atoms with Crippen molar-refractivity contribution >= 4 is 17.6 Å². The third-order valence-electron chi connectivity index (χ3n) is 6.25. The Morgan fingerprint density at radius 3 is 2.79 bits per heavy atom. The van der Waals surface area contributed by atoms with Crippen molar-refractivity contribution in [2.75, 3.05) is 31.1 Å². The highest BCUT2D eigenvalue weighted by atomic mass is 19.4. The van der Waals surface area contributed by atoms with Crippen LogP contribution in [0.4, 0.5) is 23.8 Å². The summed E-state index contributed by atoms with van der Waals surface area (Å²) in [7, 11) is 0. The number of halogens is 3. The number of fused-ring (bicyclic) bond motifs is 1. The van der Waals surface area contributed by atoms with E-state index in [-0.39, 0.29) is 12.1 Å². The SMILES string of the molecule is C[C@@H]1CN(CC2NNN=C2c2ccc3c(c2)CNC(=O)O3)CCN1c1ccc(C(F)(F)F)cn1. The van der Waals surface area contributed by atoms with Crippen LogP contribution in [0.1, 0.15) is 23.6 Å². The Morgan fingerprint density at radius 1 is 1.21 bits per heavy atom. The fourth-order valence-corrected chi connectivity index (χ4v) is 4.52. The Hall–Kier alpha value is -3.38. The van der Waals surface area contributed by atoms with Gasteiger partial charge in [-0.3, -0.25) is 4.90 Å². The van der Waals surface area contributed by atoms with E-state index in [1.807, 2.05) is 24.0 Å². The lowest BCUT2D eigenvalue weighted by molar-refractivity contribution is -0.137. The van der Waals surface area contributed by atoms with Gasteiger partial charge in [-0.25, -0.2) is 20.7 Å². The van der Waals surface area contributed by atoms with Gasteiger partial charge in [0, 0.05) is 56.1 Å². The van der Waals surface area contributed by atoms with Crippen molar-refractivity contribution in [3.8, 4) is 5.75 Å². The molecule has 1 unspecified atom stereocenters. The highest BCUT2D eigenvalue weighted by Crippen LogP contribution is 2.30. The Kier molecular flexibility index (Phi) is 5.78. The molecular formula is C22H24F3N7O2. The van der Waals surface area contributed by atoms with Crippen LogP contribution in [0, 0.1) is 0 Å². The molecule has 0 radical (unpaired) electrons. The van der Waals surface area contributed by atoms with Crippen LogP contribution < -0.4 is 25.9 Å². The van der Waals surface area contributed by atoms with Gasteiger partial charge in [-0.15, -0.1) is 0 Å². The van der Waals surface area contributed by atoms with Gasteiger partial charge in [-0.05, 0) is 37.3 Å². The predicted octanol–water partition coefficient (Wildman–Crippen LogP) is 2.09. The smallest absolute Gasteiger partial charge is 0.410 e. The van der Waals surface area contributed by atoms with E-state index in [1.165, 1.54) is 6.07 Å². The van der Waals surface area contributed by atoms with E-state index < -0.39 is 17.8 Å². The number of aromatic nitrogens is 1. The van der Waals surface area contributed by atoms with E-state index in [0.717, 1.165) is 42.2 Å². The minimum Gasteiger partial charge on any atom is -0.410 e. The maximum absolute atomic E-state index is 12.8. The Bertz CT molecular complexity index is 1110. The van der Waals surface area contributed by atoms with Crippen molar-refractivity contribution in [1.82, 2.24) is 26.2 Å². The first-order valence-electron chi connectivity index (χ1n) is 11.0. The summed E-state index contributed by atoms with van der Waals surface area (Å²) in [6, 6.07) is 8.16. The van der Waals surface area contributed by atoms with Crippen molar-refractivity contribution in [2.45, 2.75) is 31.7 Å².